The predicted molar refractivity (Wildman–Crippen MR) is 91.3 cm³/mol. The summed E-state index contributed by atoms with van der Waals surface area (Å²) in [4.78, 5) is 0. The van der Waals surface area contributed by atoms with E-state index in [1.165, 1.54) is 0 Å². The zero-order valence-electron chi connectivity index (χ0n) is 11.5. The molecule has 100 valence electrons. The Kier molecular flexibility index (Phi) is 3.57. The number of hydrogen-bond acceptors (Lipinski definition) is 0. The van der Waals surface area contributed by atoms with Crippen molar-refractivity contribution in [1.82, 2.24) is 4.57 Å². The zero-order chi connectivity index (χ0) is 14.8. The fourth-order valence-corrected chi connectivity index (χ4v) is 2.72. The molecule has 3 aromatic rings. The molecular weight excluding hydrogens is 322 g/mol. The molecule has 0 atom stereocenters. The number of allylic oxidation sites excluding steroid dienone is 1. The van der Waals surface area contributed by atoms with Gasteiger partial charge in [0.05, 0.1) is 22.2 Å². The van der Waals surface area contributed by atoms with Gasteiger partial charge in [0.1, 0.15) is 0 Å². The summed E-state index contributed by atoms with van der Waals surface area (Å²) in [5, 5.41) is 0.927. The topological polar surface area (TPSA) is 4.93 Å². The molecule has 21 heavy (non-hydrogen) atoms. The molecule has 0 aliphatic carbocycles. The summed E-state index contributed by atoms with van der Waals surface area (Å²) in [5.74, 6) is 2.79. The van der Waals surface area contributed by atoms with Crippen molar-refractivity contribution in [1.29, 1.82) is 0 Å². The molecule has 0 saturated heterocycles. The number of benzene rings is 1. The first kappa shape index (κ1) is 13.6. The van der Waals surface area contributed by atoms with Crippen molar-refractivity contribution in [3.8, 4) is 18.0 Å². The van der Waals surface area contributed by atoms with Crippen molar-refractivity contribution in [2.45, 2.75) is 6.92 Å². The molecule has 0 spiro atoms. The van der Waals surface area contributed by atoms with Crippen LogP contribution in [0.5, 0.6) is 0 Å². The Labute approximate surface area is 133 Å². The van der Waals surface area contributed by atoms with Gasteiger partial charge in [0.2, 0.25) is 0 Å². The first-order valence-electron chi connectivity index (χ1n) is 6.58. The molecule has 0 amide bonds. The standard InChI is InChI=1S/C19H12BrN/c1-3-7-18-16(4-2)17-8-5-6-9-19(17)21(18)15-12-10-14(20)11-13-15/h2-3,6-7,9-13H,1H3/b7-3-. The van der Waals surface area contributed by atoms with Gasteiger partial charge in [-0.3, -0.25) is 0 Å². The second kappa shape index (κ2) is 5.52. The average Bonchev–Trinajstić information content (AvgIpc) is 2.82. The Morgan fingerprint density at radius 2 is 2.00 bits per heavy atom. The highest BCUT2D eigenvalue weighted by atomic mass is 79.9. The Bertz CT molecular complexity index is 861. The van der Waals surface area contributed by atoms with Crippen LogP contribution in [-0.2, 0) is 0 Å². The van der Waals surface area contributed by atoms with Gasteiger partial charge in [-0.15, -0.1) is 6.42 Å². The summed E-state index contributed by atoms with van der Waals surface area (Å²) in [6, 6.07) is 18.2. The molecule has 0 fully saturated rings. The lowest BCUT2D eigenvalue weighted by atomic mass is 10.1. The summed E-state index contributed by atoms with van der Waals surface area (Å²) in [6.45, 7) is 1.99. The average molecular weight is 334 g/mol. The molecule has 0 bridgehead atoms. The molecule has 0 N–H and O–H groups in total. The van der Waals surface area contributed by atoms with Crippen LogP contribution in [0, 0.1) is 24.5 Å². The third kappa shape index (κ3) is 2.25. The number of hydrogen-bond donors (Lipinski definition) is 0. The summed E-state index contributed by atoms with van der Waals surface area (Å²) in [7, 11) is 0. The van der Waals surface area contributed by atoms with Gasteiger partial charge in [-0.2, -0.15) is 0 Å². The van der Waals surface area contributed by atoms with Crippen LogP contribution in [0.15, 0.2) is 46.9 Å². The SMILES string of the molecule is C#Cc1c(/C=C\C)n(-c2ccc(Br)cc2)c2ccc#cc12. The number of nitrogens with zero attached hydrogens (tertiary/aromatic N) is 1. The van der Waals surface area contributed by atoms with Crippen molar-refractivity contribution in [3.05, 3.63) is 70.3 Å². The van der Waals surface area contributed by atoms with Gasteiger partial charge >= 0.3 is 0 Å². The zero-order valence-corrected chi connectivity index (χ0v) is 13.1. The number of halogens is 1. The predicted octanol–water partition coefficient (Wildman–Crippen LogP) is 5.01. The number of terminal acetylenes is 1. The molecule has 1 nitrogen and oxygen atoms in total. The van der Waals surface area contributed by atoms with Crippen LogP contribution in [0.3, 0.4) is 0 Å². The number of aromatic nitrogens is 1. The van der Waals surface area contributed by atoms with E-state index in [-0.39, 0.29) is 0 Å². The molecular formula is C19H12BrN. The minimum absolute atomic E-state index is 0.850. The lowest BCUT2D eigenvalue weighted by Gasteiger charge is -2.08. The summed E-state index contributed by atoms with van der Waals surface area (Å²) in [5.41, 5.74) is 3.95. The van der Waals surface area contributed by atoms with E-state index in [0.29, 0.717) is 0 Å². The molecule has 3 rings (SSSR count). The van der Waals surface area contributed by atoms with E-state index in [0.717, 1.165) is 32.3 Å². The fraction of sp³-hybridized carbons (Fsp3) is 0.0526. The maximum atomic E-state index is 5.72. The smallest absolute Gasteiger partial charge is 0.0667 e. The van der Waals surface area contributed by atoms with Gasteiger partial charge in [-0.1, -0.05) is 40.1 Å². The molecule has 0 aliphatic heterocycles. The minimum Gasteiger partial charge on any atom is -0.308 e. The minimum atomic E-state index is 0.850. The largest absolute Gasteiger partial charge is 0.308 e. The van der Waals surface area contributed by atoms with Crippen LogP contribution in [0.2, 0.25) is 0 Å². The highest BCUT2D eigenvalue weighted by Gasteiger charge is 2.14. The van der Waals surface area contributed by atoms with Crippen LogP contribution in [-0.4, -0.2) is 4.57 Å². The van der Waals surface area contributed by atoms with E-state index < -0.39 is 0 Å². The quantitative estimate of drug-likeness (QED) is 0.581. The Hall–Kier alpha value is -2.42. The van der Waals surface area contributed by atoms with E-state index in [1.54, 1.807) is 0 Å². The highest BCUT2D eigenvalue weighted by molar-refractivity contribution is 9.10. The molecule has 0 aliphatic rings. The summed E-state index contributed by atoms with van der Waals surface area (Å²) < 4.78 is 3.20. The van der Waals surface area contributed by atoms with E-state index in [4.69, 9.17) is 6.42 Å². The van der Waals surface area contributed by atoms with Gasteiger partial charge in [0, 0.05) is 10.2 Å². The maximum absolute atomic E-state index is 5.72. The summed E-state index contributed by atoms with van der Waals surface area (Å²) >= 11 is 3.47. The molecule has 1 aromatic heterocycles. The van der Waals surface area contributed by atoms with Gasteiger partial charge in [-0.25, -0.2) is 0 Å². The Balaban J connectivity index is 2.42. The van der Waals surface area contributed by atoms with E-state index in [9.17, 15) is 0 Å². The van der Waals surface area contributed by atoms with Crippen molar-refractivity contribution >= 4 is 32.9 Å². The van der Waals surface area contributed by atoms with Crippen molar-refractivity contribution in [2.75, 3.05) is 0 Å². The first-order valence-corrected chi connectivity index (χ1v) is 7.37. The Morgan fingerprint density at radius 1 is 1.24 bits per heavy atom. The molecule has 0 radical (unpaired) electrons. The monoisotopic (exact) mass is 333 g/mol. The van der Waals surface area contributed by atoms with Crippen molar-refractivity contribution in [2.24, 2.45) is 0 Å². The maximum Gasteiger partial charge on any atom is 0.0667 e. The van der Waals surface area contributed by atoms with Crippen LogP contribution >= 0.6 is 15.9 Å². The Morgan fingerprint density at radius 3 is 2.67 bits per heavy atom. The lowest BCUT2D eigenvalue weighted by molar-refractivity contribution is 1.10. The van der Waals surface area contributed by atoms with Crippen molar-refractivity contribution in [3.63, 3.8) is 0 Å². The van der Waals surface area contributed by atoms with E-state index >= 15 is 0 Å². The highest BCUT2D eigenvalue weighted by Crippen LogP contribution is 2.29. The first-order chi connectivity index (χ1) is 10.3. The summed E-state index contributed by atoms with van der Waals surface area (Å²) in [6.07, 6.45) is 9.75. The number of rotatable bonds is 2. The molecule has 2 heteroatoms. The van der Waals surface area contributed by atoms with Gasteiger partial charge in [0.15, 0.2) is 0 Å². The van der Waals surface area contributed by atoms with E-state index in [2.05, 4.69) is 50.7 Å². The number of fused-ring (bicyclic) bond motifs is 1. The molecule has 2 aromatic carbocycles. The van der Waals surface area contributed by atoms with Gasteiger partial charge in [-0.05, 0) is 49.4 Å². The second-order valence-electron chi connectivity index (χ2n) is 4.58. The molecule has 0 saturated carbocycles. The van der Waals surface area contributed by atoms with Crippen LogP contribution in [0.1, 0.15) is 18.2 Å². The van der Waals surface area contributed by atoms with E-state index in [1.807, 2.05) is 43.3 Å². The fourth-order valence-electron chi connectivity index (χ4n) is 2.46. The third-order valence-corrected chi connectivity index (χ3v) is 3.85. The molecule has 1 heterocycles. The second-order valence-corrected chi connectivity index (χ2v) is 5.49. The van der Waals surface area contributed by atoms with Crippen LogP contribution < -0.4 is 0 Å². The lowest BCUT2D eigenvalue weighted by Crippen LogP contribution is -1.96. The third-order valence-electron chi connectivity index (χ3n) is 3.32. The van der Waals surface area contributed by atoms with Crippen molar-refractivity contribution < 1.29 is 0 Å². The van der Waals surface area contributed by atoms with Crippen LogP contribution in [0.25, 0.3) is 22.7 Å². The van der Waals surface area contributed by atoms with Crippen LogP contribution in [0.4, 0.5) is 0 Å². The van der Waals surface area contributed by atoms with Gasteiger partial charge in [0.25, 0.3) is 0 Å². The molecule has 0 unspecified atom stereocenters. The normalized spacial score (nSPS) is 10.7. The van der Waals surface area contributed by atoms with Gasteiger partial charge < -0.3 is 4.57 Å².